The number of morpholine rings is 1. The minimum Gasteiger partial charge on any atom is -0.378 e. The summed E-state index contributed by atoms with van der Waals surface area (Å²) in [5.74, 6) is 0.597. The van der Waals surface area contributed by atoms with E-state index in [2.05, 4.69) is 15.6 Å². The molecule has 0 unspecified atom stereocenters. The number of anilines is 1. The highest BCUT2D eigenvalue weighted by atomic mass is 16.5. The summed E-state index contributed by atoms with van der Waals surface area (Å²) in [6.07, 6.45) is 3.66. The second-order valence-corrected chi connectivity index (χ2v) is 6.30. The van der Waals surface area contributed by atoms with Crippen LogP contribution in [0.1, 0.15) is 21.7 Å². The molecule has 1 aromatic carbocycles. The van der Waals surface area contributed by atoms with Crippen molar-refractivity contribution in [1.29, 1.82) is 0 Å². The Morgan fingerprint density at radius 3 is 2.74 bits per heavy atom. The first-order valence-electron chi connectivity index (χ1n) is 8.91. The summed E-state index contributed by atoms with van der Waals surface area (Å²) in [5.41, 5.74) is 2.14. The molecular weight excluding hydrogens is 346 g/mol. The van der Waals surface area contributed by atoms with Gasteiger partial charge in [-0.2, -0.15) is 5.10 Å². The number of amides is 1. The number of rotatable bonds is 6. The molecule has 2 aromatic heterocycles. The van der Waals surface area contributed by atoms with Gasteiger partial charge in [0.05, 0.1) is 19.8 Å². The highest BCUT2D eigenvalue weighted by Crippen LogP contribution is 2.16. The van der Waals surface area contributed by atoms with Gasteiger partial charge < -0.3 is 19.5 Å². The summed E-state index contributed by atoms with van der Waals surface area (Å²) in [7, 11) is 0. The van der Waals surface area contributed by atoms with Gasteiger partial charge in [0.1, 0.15) is 0 Å². The van der Waals surface area contributed by atoms with Crippen molar-refractivity contribution in [3.63, 3.8) is 0 Å². The standard InChI is InChI=1S/C19H21N5O3/c25-19(17-12-18(22-27-17)23-8-10-26-11-9-23)20-13-15-4-1-2-5-16(15)14-24-7-3-6-21-24/h1-7,12H,8-11,13-14H2,(H,20,25). The largest absolute Gasteiger partial charge is 0.378 e. The minimum atomic E-state index is -0.282. The van der Waals surface area contributed by atoms with Crippen LogP contribution in [0.2, 0.25) is 0 Å². The predicted octanol–water partition coefficient (Wildman–Crippen LogP) is 1.69. The van der Waals surface area contributed by atoms with Crippen molar-refractivity contribution < 1.29 is 14.1 Å². The van der Waals surface area contributed by atoms with Gasteiger partial charge in [0.25, 0.3) is 5.91 Å². The number of ether oxygens (including phenoxy) is 1. The van der Waals surface area contributed by atoms with Crippen molar-refractivity contribution in [1.82, 2.24) is 20.3 Å². The van der Waals surface area contributed by atoms with Gasteiger partial charge in [0.2, 0.25) is 5.76 Å². The van der Waals surface area contributed by atoms with Crippen LogP contribution in [0, 0.1) is 0 Å². The monoisotopic (exact) mass is 367 g/mol. The van der Waals surface area contributed by atoms with E-state index in [1.165, 1.54) is 0 Å². The highest BCUT2D eigenvalue weighted by molar-refractivity contribution is 5.92. The Bertz CT molecular complexity index is 884. The van der Waals surface area contributed by atoms with Crippen molar-refractivity contribution >= 4 is 11.7 Å². The zero-order valence-corrected chi connectivity index (χ0v) is 14.9. The number of nitrogens with zero attached hydrogens (tertiary/aromatic N) is 4. The lowest BCUT2D eigenvalue weighted by molar-refractivity contribution is 0.0913. The molecular formula is C19H21N5O3. The molecule has 140 valence electrons. The van der Waals surface area contributed by atoms with Crippen LogP contribution in [-0.4, -0.2) is 47.1 Å². The molecule has 1 fully saturated rings. The average molecular weight is 367 g/mol. The van der Waals surface area contributed by atoms with E-state index in [0.29, 0.717) is 32.1 Å². The molecule has 3 heterocycles. The first kappa shape index (κ1) is 17.3. The van der Waals surface area contributed by atoms with Gasteiger partial charge in [0, 0.05) is 38.1 Å². The van der Waals surface area contributed by atoms with Crippen LogP contribution >= 0.6 is 0 Å². The maximum Gasteiger partial charge on any atom is 0.290 e. The number of carbonyl (C=O) groups excluding carboxylic acids is 1. The van der Waals surface area contributed by atoms with Crippen molar-refractivity contribution in [2.75, 3.05) is 31.2 Å². The molecule has 0 aliphatic carbocycles. The van der Waals surface area contributed by atoms with E-state index in [9.17, 15) is 4.79 Å². The fourth-order valence-electron chi connectivity index (χ4n) is 3.03. The Hall–Kier alpha value is -3.13. The van der Waals surface area contributed by atoms with Crippen LogP contribution in [0.15, 0.2) is 53.3 Å². The quantitative estimate of drug-likeness (QED) is 0.714. The van der Waals surface area contributed by atoms with Crippen molar-refractivity contribution in [3.8, 4) is 0 Å². The number of nitrogens with one attached hydrogen (secondary N) is 1. The molecule has 8 heteroatoms. The molecule has 1 N–H and O–H groups in total. The van der Waals surface area contributed by atoms with Crippen LogP contribution < -0.4 is 10.2 Å². The lowest BCUT2D eigenvalue weighted by Crippen LogP contribution is -2.36. The van der Waals surface area contributed by atoms with E-state index < -0.39 is 0 Å². The molecule has 0 radical (unpaired) electrons. The minimum absolute atomic E-state index is 0.209. The lowest BCUT2D eigenvalue weighted by atomic mass is 10.1. The Morgan fingerprint density at radius 2 is 1.96 bits per heavy atom. The third kappa shape index (κ3) is 4.17. The van der Waals surface area contributed by atoms with E-state index in [-0.39, 0.29) is 11.7 Å². The van der Waals surface area contributed by atoms with Crippen molar-refractivity contribution in [2.24, 2.45) is 0 Å². The maximum atomic E-state index is 12.4. The lowest BCUT2D eigenvalue weighted by Gasteiger charge is -2.25. The second kappa shape index (κ2) is 8.05. The molecule has 1 saturated heterocycles. The van der Waals surface area contributed by atoms with E-state index in [0.717, 1.165) is 24.2 Å². The summed E-state index contributed by atoms with van der Waals surface area (Å²) >= 11 is 0. The molecule has 0 atom stereocenters. The third-order valence-corrected chi connectivity index (χ3v) is 4.51. The zero-order valence-electron chi connectivity index (χ0n) is 14.9. The van der Waals surface area contributed by atoms with Gasteiger partial charge in [-0.05, 0) is 17.2 Å². The molecule has 1 amide bonds. The summed E-state index contributed by atoms with van der Waals surface area (Å²) in [6, 6.07) is 11.5. The molecule has 27 heavy (non-hydrogen) atoms. The predicted molar refractivity (Wildman–Crippen MR) is 98.5 cm³/mol. The van der Waals surface area contributed by atoms with Crippen LogP contribution in [0.25, 0.3) is 0 Å². The van der Waals surface area contributed by atoms with E-state index in [1.807, 2.05) is 46.1 Å². The summed E-state index contributed by atoms with van der Waals surface area (Å²) in [6.45, 7) is 3.86. The Labute approximate surface area is 156 Å². The first-order chi connectivity index (χ1) is 13.3. The normalized spacial score (nSPS) is 14.3. The van der Waals surface area contributed by atoms with Gasteiger partial charge in [0.15, 0.2) is 5.82 Å². The van der Waals surface area contributed by atoms with Crippen LogP contribution in [0.3, 0.4) is 0 Å². The van der Waals surface area contributed by atoms with E-state index >= 15 is 0 Å². The number of hydrogen-bond donors (Lipinski definition) is 1. The van der Waals surface area contributed by atoms with Crippen molar-refractivity contribution in [3.05, 3.63) is 65.7 Å². The van der Waals surface area contributed by atoms with Gasteiger partial charge in [-0.15, -0.1) is 0 Å². The molecule has 0 saturated carbocycles. The SMILES string of the molecule is O=C(NCc1ccccc1Cn1cccn1)c1cc(N2CCOCC2)no1. The number of benzene rings is 1. The second-order valence-electron chi connectivity index (χ2n) is 6.30. The summed E-state index contributed by atoms with van der Waals surface area (Å²) in [4.78, 5) is 14.5. The van der Waals surface area contributed by atoms with Crippen LogP contribution in [0.4, 0.5) is 5.82 Å². The smallest absolute Gasteiger partial charge is 0.290 e. The van der Waals surface area contributed by atoms with Crippen LogP contribution in [0.5, 0.6) is 0 Å². The molecule has 0 bridgehead atoms. The third-order valence-electron chi connectivity index (χ3n) is 4.51. The van der Waals surface area contributed by atoms with Gasteiger partial charge >= 0.3 is 0 Å². The van der Waals surface area contributed by atoms with E-state index in [1.54, 1.807) is 12.3 Å². The summed E-state index contributed by atoms with van der Waals surface area (Å²) < 4.78 is 12.4. The Kier molecular flexibility index (Phi) is 5.15. The molecule has 1 aliphatic heterocycles. The number of carbonyl (C=O) groups is 1. The van der Waals surface area contributed by atoms with Crippen molar-refractivity contribution in [2.45, 2.75) is 13.1 Å². The topological polar surface area (TPSA) is 85.4 Å². The Balaban J connectivity index is 1.39. The maximum absolute atomic E-state index is 12.4. The molecule has 0 spiro atoms. The fraction of sp³-hybridized carbons (Fsp3) is 0.316. The first-order valence-corrected chi connectivity index (χ1v) is 8.91. The average Bonchev–Trinajstić information content (AvgIpc) is 3.40. The molecule has 4 rings (SSSR count). The number of aromatic nitrogens is 3. The van der Waals surface area contributed by atoms with Gasteiger partial charge in [-0.25, -0.2) is 0 Å². The summed E-state index contributed by atoms with van der Waals surface area (Å²) in [5, 5.41) is 11.1. The fourth-order valence-corrected chi connectivity index (χ4v) is 3.03. The Morgan fingerprint density at radius 1 is 1.15 bits per heavy atom. The molecule has 3 aromatic rings. The number of hydrogen-bond acceptors (Lipinski definition) is 6. The highest BCUT2D eigenvalue weighted by Gasteiger charge is 2.19. The molecule has 1 aliphatic rings. The van der Waals surface area contributed by atoms with Gasteiger partial charge in [-0.3, -0.25) is 9.48 Å². The van der Waals surface area contributed by atoms with E-state index in [4.69, 9.17) is 9.26 Å². The molecule has 8 nitrogen and oxygen atoms in total. The van der Waals surface area contributed by atoms with Gasteiger partial charge in [-0.1, -0.05) is 29.4 Å². The van der Waals surface area contributed by atoms with Crippen LogP contribution in [-0.2, 0) is 17.8 Å². The zero-order chi connectivity index (χ0) is 18.5.